The Bertz CT molecular complexity index is 1200. The predicted molar refractivity (Wildman–Crippen MR) is 126 cm³/mol. The molecule has 1 atom stereocenters. The van der Waals surface area contributed by atoms with Crippen LogP contribution < -0.4 is 5.32 Å². The first-order valence-electron chi connectivity index (χ1n) is 10.1. The fourth-order valence-corrected chi connectivity index (χ4v) is 5.87. The molecule has 1 fully saturated rings. The number of piperidine rings is 1. The fourth-order valence-electron chi connectivity index (χ4n) is 3.60. The van der Waals surface area contributed by atoms with Crippen molar-refractivity contribution in [3.8, 4) is 0 Å². The van der Waals surface area contributed by atoms with Crippen LogP contribution in [0.25, 0.3) is 0 Å². The number of anilines is 1. The number of hydrogen-bond donors (Lipinski definition) is 1. The van der Waals surface area contributed by atoms with Crippen molar-refractivity contribution in [3.05, 3.63) is 57.6 Å². The van der Waals surface area contributed by atoms with Gasteiger partial charge in [-0.2, -0.15) is 4.31 Å². The molecule has 1 aliphatic rings. The van der Waals surface area contributed by atoms with Crippen molar-refractivity contribution < 1.29 is 32.3 Å². The number of amides is 1. The minimum absolute atomic E-state index is 0.0333. The molecule has 0 unspecified atom stereocenters. The summed E-state index contributed by atoms with van der Waals surface area (Å²) in [4.78, 5) is 36.8. The van der Waals surface area contributed by atoms with Crippen LogP contribution in [-0.2, 0) is 24.3 Å². The number of rotatable bonds is 6. The topological polar surface area (TPSA) is 119 Å². The maximum Gasteiger partial charge on any atom is 0.337 e. The van der Waals surface area contributed by atoms with Gasteiger partial charge in [-0.3, -0.25) is 4.79 Å². The Kier molecular flexibility index (Phi) is 8.19. The van der Waals surface area contributed by atoms with E-state index >= 15 is 0 Å². The second-order valence-corrected chi connectivity index (χ2v) is 10.3. The lowest BCUT2D eigenvalue weighted by Gasteiger charge is -2.31. The molecule has 0 aromatic heterocycles. The van der Waals surface area contributed by atoms with Crippen molar-refractivity contribution in [1.82, 2.24) is 4.31 Å². The van der Waals surface area contributed by atoms with E-state index in [2.05, 4.69) is 5.32 Å². The molecule has 2 aromatic carbocycles. The number of hydrogen-bond acceptors (Lipinski definition) is 7. The molecule has 0 saturated carbocycles. The van der Waals surface area contributed by atoms with Crippen molar-refractivity contribution in [3.63, 3.8) is 0 Å². The summed E-state index contributed by atoms with van der Waals surface area (Å²) in [6, 6.07) is 8.17. The largest absolute Gasteiger partial charge is 0.465 e. The van der Waals surface area contributed by atoms with Gasteiger partial charge in [0.15, 0.2) is 0 Å². The smallest absolute Gasteiger partial charge is 0.337 e. The number of halogens is 2. The van der Waals surface area contributed by atoms with Crippen LogP contribution in [0.3, 0.4) is 0 Å². The summed E-state index contributed by atoms with van der Waals surface area (Å²) in [5.74, 6) is -2.54. The molecule has 9 nitrogen and oxygen atoms in total. The number of ether oxygens (including phenoxy) is 2. The van der Waals surface area contributed by atoms with Crippen LogP contribution in [0.5, 0.6) is 0 Å². The Balaban J connectivity index is 1.82. The highest BCUT2D eigenvalue weighted by molar-refractivity contribution is 7.89. The average Bonchev–Trinajstić information content (AvgIpc) is 2.84. The van der Waals surface area contributed by atoms with Gasteiger partial charge in [0.2, 0.25) is 15.9 Å². The normalized spacial score (nSPS) is 16.5. The van der Waals surface area contributed by atoms with Gasteiger partial charge in [0.05, 0.1) is 36.3 Å². The van der Waals surface area contributed by atoms with Crippen LogP contribution in [0.2, 0.25) is 10.0 Å². The summed E-state index contributed by atoms with van der Waals surface area (Å²) >= 11 is 12.0. The van der Waals surface area contributed by atoms with Gasteiger partial charge in [-0.1, -0.05) is 23.2 Å². The van der Waals surface area contributed by atoms with Crippen molar-refractivity contribution in [2.45, 2.75) is 17.7 Å². The molecule has 182 valence electrons. The quantitative estimate of drug-likeness (QED) is 0.568. The van der Waals surface area contributed by atoms with Crippen LogP contribution in [0.4, 0.5) is 5.69 Å². The fraction of sp³-hybridized carbons (Fsp3) is 0.318. The van der Waals surface area contributed by atoms with Crippen LogP contribution in [0, 0.1) is 5.92 Å². The van der Waals surface area contributed by atoms with Crippen molar-refractivity contribution in [2.24, 2.45) is 5.92 Å². The Morgan fingerprint density at radius 3 is 2.21 bits per heavy atom. The Hall–Kier alpha value is -2.66. The number of nitrogens with one attached hydrogen (secondary N) is 1. The highest BCUT2D eigenvalue weighted by atomic mass is 35.5. The first-order chi connectivity index (χ1) is 16.1. The van der Waals surface area contributed by atoms with E-state index < -0.39 is 33.8 Å². The van der Waals surface area contributed by atoms with E-state index in [9.17, 15) is 22.8 Å². The summed E-state index contributed by atoms with van der Waals surface area (Å²) in [7, 11) is -1.60. The van der Waals surface area contributed by atoms with E-state index in [0.29, 0.717) is 12.8 Å². The highest BCUT2D eigenvalue weighted by Gasteiger charge is 2.34. The number of benzene rings is 2. The molecule has 34 heavy (non-hydrogen) atoms. The van der Waals surface area contributed by atoms with E-state index in [1.165, 1.54) is 54.9 Å². The van der Waals surface area contributed by atoms with Gasteiger partial charge in [-0.25, -0.2) is 18.0 Å². The van der Waals surface area contributed by atoms with Gasteiger partial charge in [-0.15, -0.1) is 0 Å². The predicted octanol–water partition coefficient (Wildman–Crippen LogP) is 3.61. The molecule has 0 aliphatic carbocycles. The van der Waals surface area contributed by atoms with Gasteiger partial charge in [0.25, 0.3) is 0 Å². The Morgan fingerprint density at radius 2 is 1.62 bits per heavy atom. The molecule has 0 spiro atoms. The Labute approximate surface area is 207 Å². The summed E-state index contributed by atoms with van der Waals surface area (Å²) in [6.45, 7) is 0.150. The van der Waals surface area contributed by atoms with Crippen LogP contribution in [-0.4, -0.2) is 57.9 Å². The van der Waals surface area contributed by atoms with E-state index in [4.69, 9.17) is 32.7 Å². The van der Waals surface area contributed by atoms with E-state index in [0.717, 1.165) is 0 Å². The number of nitrogens with zero attached hydrogens (tertiary/aromatic N) is 1. The second-order valence-electron chi connectivity index (χ2n) is 7.55. The molecule has 0 radical (unpaired) electrons. The standard InChI is InChI=1S/C22H22Cl2N2O7S/c1-32-21(28)14-8-15(22(29)33-2)10-17(9-14)25-20(27)13-4-3-7-26(12-13)34(30,31)19-11-16(23)5-6-18(19)24/h5-6,8-11,13H,3-4,7,12H2,1-2H3,(H,25,27)/t13-/m1/s1. The summed E-state index contributed by atoms with van der Waals surface area (Å²) in [6.07, 6.45) is 0.896. The van der Waals surface area contributed by atoms with Gasteiger partial charge in [0.1, 0.15) is 4.90 Å². The minimum atomic E-state index is -3.98. The maximum absolute atomic E-state index is 13.1. The third kappa shape index (κ3) is 5.69. The van der Waals surface area contributed by atoms with Crippen LogP contribution in [0.15, 0.2) is 41.3 Å². The van der Waals surface area contributed by atoms with Gasteiger partial charge < -0.3 is 14.8 Å². The van der Waals surface area contributed by atoms with Crippen molar-refractivity contribution in [1.29, 1.82) is 0 Å². The van der Waals surface area contributed by atoms with Crippen LogP contribution >= 0.6 is 23.2 Å². The third-order valence-electron chi connectivity index (χ3n) is 5.31. The molecule has 1 N–H and O–H groups in total. The number of esters is 2. The molecule has 1 saturated heterocycles. The summed E-state index contributed by atoms with van der Waals surface area (Å²) in [5.41, 5.74) is 0.263. The number of carbonyl (C=O) groups excluding carboxylic acids is 3. The van der Waals surface area contributed by atoms with Gasteiger partial charge in [0, 0.05) is 23.8 Å². The summed E-state index contributed by atoms with van der Waals surface area (Å²) in [5, 5.41) is 2.92. The summed E-state index contributed by atoms with van der Waals surface area (Å²) < 4.78 is 36.9. The maximum atomic E-state index is 13.1. The molecule has 0 bridgehead atoms. The molecular formula is C22H22Cl2N2O7S. The zero-order valence-electron chi connectivity index (χ0n) is 18.3. The number of methoxy groups -OCH3 is 2. The van der Waals surface area contributed by atoms with Gasteiger partial charge >= 0.3 is 11.9 Å². The first kappa shape index (κ1) is 26.0. The van der Waals surface area contributed by atoms with E-state index in [1.807, 2.05) is 0 Å². The molecule has 1 aliphatic heterocycles. The monoisotopic (exact) mass is 528 g/mol. The zero-order valence-corrected chi connectivity index (χ0v) is 20.7. The van der Waals surface area contributed by atoms with E-state index in [-0.39, 0.29) is 44.8 Å². The number of carbonyl (C=O) groups is 3. The van der Waals surface area contributed by atoms with Gasteiger partial charge in [-0.05, 0) is 49.2 Å². The molecule has 12 heteroatoms. The second kappa shape index (κ2) is 10.7. The lowest BCUT2D eigenvalue weighted by molar-refractivity contribution is -0.120. The molecule has 2 aromatic rings. The average molecular weight is 529 g/mol. The molecule has 1 heterocycles. The zero-order chi connectivity index (χ0) is 25.0. The molecule has 3 rings (SSSR count). The first-order valence-corrected chi connectivity index (χ1v) is 12.3. The van der Waals surface area contributed by atoms with Crippen LogP contribution in [0.1, 0.15) is 33.6 Å². The third-order valence-corrected chi connectivity index (χ3v) is 7.89. The van der Waals surface area contributed by atoms with E-state index in [1.54, 1.807) is 0 Å². The highest BCUT2D eigenvalue weighted by Crippen LogP contribution is 2.31. The molecular weight excluding hydrogens is 507 g/mol. The van der Waals surface area contributed by atoms with Crippen molar-refractivity contribution in [2.75, 3.05) is 32.6 Å². The molecule has 1 amide bonds. The SMILES string of the molecule is COC(=O)c1cc(NC(=O)[C@@H]2CCCN(S(=O)(=O)c3cc(Cl)ccc3Cl)C2)cc(C(=O)OC)c1. The lowest BCUT2D eigenvalue weighted by atomic mass is 9.98. The Morgan fingerprint density at radius 1 is 1.00 bits per heavy atom. The minimum Gasteiger partial charge on any atom is -0.465 e. The van der Waals surface area contributed by atoms with Crippen molar-refractivity contribution >= 4 is 56.8 Å². The lowest BCUT2D eigenvalue weighted by Crippen LogP contribution is -2.43. The number of sulfonamides is 1.